The molecular weight excluding hydrogens is 179 g/mol. The van der Waals surface area contributed by atoms with Gasteiger partial charge in [0.15, 0.2) is 0 Å². The maximum absolute atomic E-state index is 13.0. The fourth-order valence-corrected chi connectivity index (χ4v) is 1.51. The van der Waals surface area contributed by atoms with Gasteiger partial charge in [0.05, 0.1) is 0 Å². The van der Waals surface area contributed by atoms with Gasteiger partial charge >= 0.3 is 0 Å². The van der Waals surface area contributed by atoms with Crippen molar-refractivity contribution in [3.05, 3.63) is 29.6 Å². The van der Waals surface area contributed by atoms with E-state index >= 15 is 0 Å². The molecule has 1 aromatic rings. The van der Waals surface area contributed by atoms with Crippen molar-refractivity contribution in [2.45, 2.75) is 25.3 Å². The molecule has 76 valence electrons. The summed E-state index contributed by atoms with van der Waals surface area (Å²) in [4.78, 5) is 0. The maximum Gasteiger partial charge on any atom is 0.123 e. The number of rotatable bonds is 4. The Hall–Kier alpha value is -1.09. The van der Waals surface area contributed by atoms with E-state index in [0.29, 0.717) is 12.6 Å². The highest BCUT2D eigenvalue weighted by Crippen LogP contribution is 2.27. The highest BCUT2D eigenvalue weighted by Gasteiger charge is 2.21. The van der Waals surface area contributed by atoms with Crippen LogP contribution in [-0.2, 0) is 6.42 Å². The van der Waals surface area contributed by atoms with Gasteiger partial charge in [0.1, 0.15) is 5.82 Å². The van der Waals surface area contributed by atoms with E-state index in [9.17, 15) is 4.39 Å². The lowest BCUT2D eigenvalue weighted by atomic mass is 10.1. The molecule has 0 atom stereocenters. The number of anilines is 1. The van der Waals surface area contributed by atoms with Gasteiger partial charge in [-0.1, -0.05) is 0 Å². The lowest BCUT2D eigenvalue weighted by molar-refractivity contribution is 0.625. The molecule has 1 aliphatic carbocycles. The first-order valence-corrected chi connectivity index (χ1v) is 5.04. The quantitative estimate of drug-likeness (QED) is 0.768. The Morgan fingerprint density at radius 2 is 2.21 bits per heavy atom. The molecule has 0 saturated heterocycles. The number of halogens is 1. The molecule has 2 nitrogen and oxygen atoms in total. The molecule has 0 radical (unpaired) electrons. The Balaban J connectivity index is 2.17. The van der Waals surface area contributed by atoms with Gasteiger partial charge in [-0.15, -0.1) is 0 Å². The molecule has 0 aliphatic heterocycles. The van der Waals surface area contributed by atoms with E-state index in [1.165, 1.54) is 18.9 Å². The van der Waals surface area contributed by atoms with Crippen LogP contribution in [0.2, 0.25) is 0 Å². The lowest BCUT2D eigenvalue weighted by Crippen LogP contribution is -2.08. The van der Waals surface area contributed by atoms with Gasteiger partial charge in [-0.3, -0.25) is 0 Å². The molecule has 0 spiro atoms. The number of nitrogens with one attached hydrogen (secondary N) is 1. The summed E-state index contributed by atoms with van der Waals surface area (Å²) in [6, 6.07) is 5.46. The first kappa shape index (κ1) is 9.46. The van der Waals surface area contributed by atoms with Crippen LogP contribution >= 0.6 is 0 Å². The largest absolute Gasteiger partial charge is 0.382 e. The molecule has 2 rings (SSSR count). The third kappa shape index (κ3) is 2.23. The zero-order chi connectivity index (χ0) is 9.97. The van der Waals surface area contributed by atoms with E-state index in [1.807, 2.05) is 0 Å². The van der Waals surface area contributed by atoms with Gasteiger partial charge in [-0.2, -0.15) is 0 Å². The Morgan fingerprint density at radius 3 is 2.86 bits per heavy atom. The van der Waals surface area contributed by atoms with E-state index < -0.39 is 0 Å². The Labute approximate surface area is 83.3 Å². The smallest absolute Gasteiger partial charge is 0.123 e. The molecule has 0 aromatic heterocycles. The SMILES string of the molecule is NCCc1cc(F)ccc1NC1CC1. The van der Waals surface area contributed by atoms with E-state index in [4.69, 9.17) is 5.73 Å². The summed E-state index contributed by atoms with van der Waals surface area (Å²) >= 11 is 0. The van der Waals surface area contributed by atoms with Crippen LogP contribution in [0.15, 0.2) is 18.2 Å². The molecule has 1 saturated carbocycles. The van der Waals surface area contributed by atoms with Crippen LogP contribution in [0.3, 0.4) is 0 Å². The van der Waals surface area contributed by atoms with E-state index in [1.54, 1.807) is 12.1 Å². The number of nitrogens with two attached hydrogens (primary N) is 1. The monoisotopic (exact) mass is 194 g/mol. The van der Waals surface area contributed by atoms with Crippen LogP contribution in [0.25, 0.3) is 0 Å². The minimum absolute atomic E-state index is 0.185. The van der Waals surface area contributed by atoms with Crippen molar-refractivity contribution in [2.75, 3.05) is 11.9 Å². The average Bonchev–Trinajstić information content (AvgIpc) is 2.94. The second-order valence-electron chi connectivity index (χ2n) is 3.76. The molecule has 1 aromatic carbocycles. The molecule has 0 amide bonds. The summed E-state index contributed by atoms with van der Waals surface area (Å²) in [5.41, 5.74) is 7.50. The van der Waals surface area contributed by atoms with Gasteiger partial charge in [-0.25, -0.2) is 4.39 Å². The summed E-state index contributed by atoms with van der Waals surface area (Å²) in [6.45, 7) is 0.558. The molecule has 3 N–H and O–H groups in total. The Kier molecular flexibility index (Phi) is 2.68. The van der Waals surface area contributed by atoms with Gasteiger partial charge in [0, 0.05) is 11.7 Å². The van der Waals surface area contributed by atoms with Crippen LogP contribution in [0.5, 0.6) is 0 Å². The molecule has 1 fully saturated rings. The number of benzene rings is 1. The van der Waals surface area contributed by atoms with Gasteiger partial charge in [-0.05, 0) is 49.6 Å². The van der Waals surface area contributed by atoms with Crippen LogP contribution in [0.4, 0.5) is 10.1 Å². The highest BCUT2D eigenvalue weighted by molar-refractivity contribution is 5.53. The predicted octanol–water partition coefficient (Wildman–Crippen LogP) is 1.90. The van der Waals surface area contributed by atoms with Gasteiger partial charge < -0.3 is 11.1 Å². The zero-order valence-corrected chi connectivity index (χ0v) is 8.09. The number of hydrogen-bond acceptors (Lipinski definition) is 2. The first-order valence-electron chi connectivity index (χ1n) is 5.04. The minimum Gasteiger partial charge on any atom is -0.382 e. The summed E-state index contributed by atoms with van der Waals surface area (Å²) in [5.74, 6) is -0.185. The number of hydrogen-bond donors (Lipinski definition) is 2. The highest BCUT2D eigenvalue weighted by atomic mass is 19.1. The van der Waals surface area contributed by atoms with Crippen LogP contribution in [0, 0.1) is 5.82 Å². The molecule has 1 aliphatic rings. The van der Waals surface area contributed by atoms with Crippen molar-refractivity contribution < 1.29 is 4.39 Å². The summed E-state index contributed by atoms with van der Waals surface area (Å²) in [6.07, 6.45) is 3.17. The van der Waals surface area contributed by atoms with Crippen LogP contribution in [-0.4, -0.2) is 12.6 Å². The van der Waals surface area contributed by atoms with Crippen molar-refractivity contribution in [1.82, 2.24) is 0 Å². The van der Waals surface area contributed by atoms with Crippen molar-refractivity contribution in [1.29, 1.82) is 0 Å². The van der Waals surface area contributed by atoms with Gasteiger partial charge in [0.2, 0.25) is 0 Å². The van der Waals surface area contributed by atoms with Gasteiger partial charge in [0.25, 0.3) is 0 Å². The third-order valence-electron chi connectivity index (χ3n) is 2.42. The fraction of sp³-hybridized carbons (Fsp3) is 0.455. The van der Waals surface area contributed by atoms with E-state index in [-0.39, 0.29) is 5.82 Å². The minimum atomic E-state index is -0.185. The molecule has 0 heterocycles. The van der Waals surface area contributed by atoms with Crippen molar-refractivity contribution >= 4 is 5.69 Å². The fourth-order valence-electron chi connectivity index (χ4n) is 1.51. The molecule has 3 heteroatoms. The summed E-state index contributed by atoms with van der Waals surface area (Å²) in [7, 11) is 0. The second kappa shape index (κ2) is 3.96. The maximum atomic E-state index is 13.0. The van der Waals surface area contributed by atoms with Crippen molar-refractivity contribution in [2.24, 2.45) is 5.73 Å². The van der Waals surface area contributed by atoms with Crippen molar-refractivity contribution in [3.8, 4) is 0 Å². The average molecular weight is 194 g/mol. The zero-order valence-electron chi connectivity index (χ0n) is 8.09. The Bertz CT molecular complexity index is 321. The first-order chi connectivity index (χ1) is 6.79. The van der Waals surface area contributed by atoms with Crippen molar-refractivity contribution in [3.63, 3.8) is 0 Å². The second-order valence-corrected chi connectivity index (χ2v) is 3.76. The Morgan fingerprint density at radius 1 is 1.43 bits per heavy atom. The molecular formula is C11H15FN2. The van der Waals surface area contributed by atoms with E-state index in [2.05, 4.69) is 5.32 Å². The van der Waals surface area contributed by atoms with Crippen LogP contribution in [0.1, 0.15) is 18.4 Å². The standard InChI is InChI=1S/C11H15FN2/c12-9-1-4-11(14-10-2-3-10)8(7-9)5-6-13/h1,4,7,10,14H,2-3,5-6,13H2. The third-order valence-corrected chi connectivity index (χ3v) is 2.42. The van der Waals surface area contributed by atoms with E-state index in [0.717, 1.165) is 17.7 Å². The summed E-state index contributed by atoms with van der Waals surface area (Å²) < 4.78 is 13.0. The van der Waals surface area contributed by atoms with Crippen LogP contribution < -0.4 is 11.1 Å². The molecule has 0 unspecified atom stereocenters. The topological polar surface area (TPSA) is 38.0 Å². The lowest BCUT2D eigenvalue weighted by Gasteiger charge is -2.10. The predicted molar refractivity (Wildman–Crippen MR) is 55.8 cm³/mol. The molecule has 14 heavy (non-hydrogen) atoms. The normalized spacial score (nSPS) is 15.6. The molecule has 0 bridgehead atoms. The summed E-state index contributed by atoms with van der Waals surface area (Å²) in [5, 5.41) is 3.37.